The Morgan fingerprint density at radius 2 is 1.39 bits per heavy atom. The summed E-state index contributed by atoms with van der Waals surface area (Å²) in [7, 11) is 0. The Hall–Kier alpha value is -2.12. The molecule has 2 aliphatic heterocycles. The molecule has 6 heteroatoms. The molecule has 1 aromatic carbocycles. The van der Waals surface area contributed by atoms with Crippen molar-refractivity contribution in [2.24, 2.45) is 0 Å². The molecule has 2 fully saturated rings. The van der Waals surface area contributed by atoms with E-state index in [-0.39, 0.29) is 17.9 Å². The third-order valence-electron chi connectivity index (χ3n) is 5.55. The minimum Gasteiger partial charge on any atom is -0.379 e. The smallest absolute Gasteiger partial charge is 0.182 e. The van der Waals surface area contributed by atoms with Gasteiger partial charge in [0.1, 0.15) is 0 Å². The lowest BCUT2D eigenvalue weighted by Gasteiger charge is -2.44. The summed E-state index contributed by atoms with van der Waals surface area (Å²) >= 11 is 0. The lowest BCUT2D eigenvalue weighted by atomic mass is 9.89. The largest absolute Gasteiger partial charge is 0.379 e. The van der Waals surface area contributed by atoms with Gasteiger partial charge < -0.3 is 9.47 Å². The highest BCUT2D eigenvalue weighted by Gasteiger charge is 2.39. The third kappa shape index (κ3) is 4.31. The van der Waals surface area contributed by atoms with Crippen molar-refractivity contribution in [3.8, 4) is 0 Å². The minimum absolute atomic E-state index is 0.0242. The molecule has 0 N–H and O–H groups in total. The van der Waals surface area contributed by atoms with E-state index in [1.54, 1.807) is 12.4 Å². The topological polar surface area (TPSA) is 54.9 Å². The Balaban J connectivity index is 1.74. The number of ether oxygens (including phenoxy) is 2. The van der Waals surface area contributed by atoms with E-state index in [4.69, 9.17) is 9.47 Å². The van der Waals surface area contributed by atoms with Crippen molar-refractivity contribution in [1.82, 2.24) is 14.8 Å². The SMILES string of the molecule is O=C(c1ccncc1)[C@@H]([C@@H](c1ccccc1)N1CCOCC1)N1CCOCC1. The van der Waals surface area contributed by atoms with Crippen molar-refractivity contribution >= 4 is 5.78 Å². The number of ketones is 1. The number of nitrogens with zero attached hydrogens (tertiary/aromatic N) is 3. The van der Waals surface area contributed by atoms with Crippen LogP contribution in [0.3, 0.4) is 0 Å². The average molecular weight is 381 g/mol. The summed E-state index contributed by atoms with van der Waals surface area (Å²) in [6, 6.07) is 13.7. The molecule has 3 heterocycles. The van der Waals surface area contributed by atoms with Gasteiger partial charge in [-0.3, -0.25) is 19.6 Å². The Bertz CT molecular complexity index is 744. The van der Waals surface area contributed by atoms with E-state index in [9.17, 15) is 4.79 Å². The molecule has 0 saturated carbocycles. The van der Waals surface area contributed by atoms with Crippen LogP contribution in [0.25, 0.3) is 0 Å². The zero-order chi connectivity index (χ0) is 19.2. The highest BCUT2D eigenvalue weighted by Crippen LogP contribution is 2.31. The van der Waals surface area contributed by atoms with Gasteiger partial charge in [0.15, 0.2) is 5.78 Å². The molecule has 6 nitrogen and oxygen atoms in total. The molecule has 148 valence electrons. The van der Waals surface area contributed by atoms with Crippen LogP contribution in [0, 0.1) is 0 Å². The predicted molar refractivity (Wildman–Crippen MR) is 106 cm³/mol. The van der Waals surface area contributed by atoms with Crippen LogP contribution in [0.5, 0.6) is 0 Å². The summed E-state index contributed by atoms with van der Waals surface area (Å²) in [6.07, 6.45) is 3.38. The number of carbonyl (C=O) groups excluding carboxylic acids is 1. The Morgan fingerprint density at radius 1 is 0.821 bits per heavy atom. The predicted octanol–water partition coefficient (Wildman–Crippen LogP) is 2.04. The molecule has 2 saturated heterocycles. The first-order valence-corrected chi connectivity index (χ1v) is 9.97. The van der Waals surface area contributed by atoms with Crippen molar-refractivity contribution in [2.75, 3.05) is 52.6 Å². The maximum Gasteiger partial charge on any atom is 0.182 e. The fourth-order valence-electron chi connectivity index (χ4n) is 4.15. The number of morpholine rings is 2. The molecule has 0 bridgehead atoms. The summed E-state index contributed by atoms with van der Waals surface area (Å²) in [4.78, 5) is 22.5. The molecule has 28 heavy (non-hydrogen) atoms. The van der Waals surface area contributed by atoms with Gasteiger partial charge in [0.05, 0.1) is 38.5 Å². The first-order chi connectivity index (χ1) is 13.8. The molecule has 0 radical (unpaired) electrons. The van der Waals surface area contributed by atoms with E-state index in [0.29, 0.717) is 32.0 Å². The Kier molecular flexibility index (Phi) is 6.44. The Labute approximate surface area is 166 Å². The van der Waals surface area contributed by atoms with E-state index < -0.39 is 0 Å². The van der Waals surface area contributed by atoms with Gasteiger partial charge in [-0.25, -0.2) is 0 Å². The number of carbonyl (C=O) groups is 1. The molecule has 2 aliphatic rings. The maximum atomic E-state index is 13.7. The van der Waals surface area contributed by atoms with Crippen LogP contribution in [-0.2, 0) is 9.47 Å². The lowest BCUT2D eigenvalue weighted by molar-refractivity contribution is -0.0301. The second-order valence-corrected chi connectivity index (χ2v) is 7.20. The maximum absolute atomic E-state index is 13.7. The summed E-state index contributed by atoms with van der Waals surface area (Å²) < 4.78 is 11.2. The number of pyridine rings is 1. The third-order valence-corrected chi connectivity index (χ3v) is 5.55. The summed E-state index contributed by atoms with van der Waals surface area (Å²) in [5.74, 6) is 0.143. The van der Waals surface area contributed by atoms with Crippen LogP contribution in [0.1, 0.15) is 22.0 Å². The second-order valence-electron chi connectivity index (χ2n) is 7.20. The second kappa shape index (κ2) is 9.39. The van der Waals surface area contributed by atoms with Crippen LogP contribution < -0.4 is 0 Å². The van der Waals surface area contributed by atoms with Crippen LogP contribution in [0.15, 0.2) is 54.9 Å². The van der Waals surface area contributed by atoms with Gasteiger partial charge in [-0.05, 0) is 17.7 Å². The van der Waals surface area contributed by atoms with Crippen LogP contribution >= 0.6 is 0 Å². The highest BCUT2D eigenvalue weighted by molar-refractivity contribution is 6.00. The molecule has 1 aromatic heterocycles. The van der Waals surface area contributed by atoms with Crippen molar-refractivity contribution < 1.29 is 14.3 Å². The van der Waals surface area contributed by atoms with Gasteiger partial charge in [-0.2, -0.15) is 0 Å². The number of hydrogen-bond acceptors (Lipinski definition) is 6. The van der Waals surface area contributed by atoms with Gasteiger partial charge in [-0.1, -0.05) is 30.3 Å². The number of aromatic nitrogens is 1. The van der Waals surface area contributed by atoms with Gasteiger partial charge in [0.25, 0.3) is 0 Å². The molecule has 2 atom stereocenters. The van der Waals surface area contributed by atoms with E-state index >= 15 is 0 Å². The normalized spacial score (nSPS) is 21.1. The molecule has 2 aromatic rings. The fourth-order valence-corrected chi connectivity index (χ4v) is 4.15. The number of benzene rings is 1. The number of Topliss-reactive ketones (excluding diaryl/α,β-unsaturated/α-hetero) is 1. The first-order valence-electron chi connectivity index (χ1n) is 9.97. The van der Waals surface area contributed by atoms with Crippen molar-refractivity contribution in [1.29, 1.82) is 0 Å². The molecular formula is C22H27N3O3. The standard InChI is InChI=1S/C22H27N3O3/c26-22(19-6-8-23-9-7-19)21(25-12-16-28-17-13-25)20(18-4-2-1-3-5-18)24-10-14-27-15-11-24/h1-9,20-21H,10-17H2/t20-,21-/m1/s1. The molecule has 0 unspecified atom stereocenters. The number of rotatable bonds is 6. The van der Waals surface area contributed by atoms with Gasteiger partial charge in [0, 0.05) is 44.1 Å². The molecular weight excluding hydrogens is 354 g/mol. The van der Waals surface area contributed by atoms with Crippen LogP contribution in [-0.4, -0.2) is 79.2 Å². The fraction of sp³-hybridized carbons (Fsp3) is 0.455. The van der Waals surface area contributed by atoms with Crippen LogP contribution in [0.4, 0.5) is 0 Å². The Morgan fingerprint density at radius 3 is 2.00 bits per heavy atom. The van der Waals surface area contributed by atoms with Crippen molar-refractivity contribution in [3.05, 3.63) is 66.0 Å². The number of hydrogen-bond donors (Lipinski definition) is 0. The summed E-state index contributed by atoms with van der Waals surface area (Å²) in [5.41, 5.74) is 1.88. The van der Waals surface area contributed by atoms with Gasteiger partial charge >= 0.3 is 0 Å². The van der Waals surface area contributed by atoms with E-state index in [2.05, 4.69) is 39.0 Å². The zero-order valence-corrected chi connectivity index (χ0v) is 16.1. The van der Waals surface area contributed by atoms with Crippen molar-refractivity contribution in [3.63, 3.8) is 0 Å². The van der Waals surface area contributed by atoms with Crippen LogP contribution in [0.2, 0.25) is 0 Å². The van der Waals surface area contributed by atoms with E-state index in [1.165, 1.54) is 5.56 Å². The molecule has 0 aliphatic carbocycles. The average Bonchev–Trinajstić information content (AvgIpc) is 2.79. The molecule has 4 rings (SSSR count). The lowest BCUT2D eigenvalue weighted by Crippen LogP contribution is -2.55. The van der Waals surface area contributed by atoms with Gasteiger partial charge in [-0.15, -0.1) is 0 Å². The quantitative estimate of drug-likeness (QED) is 0.714. The summed E-state index contributed by atoms with van der Waals surface area (Å²) in [5, 5.41) is 0. The highest BCUT2D eigenvalue weighted by atomic mass is 16.5. The minimum atomic E-state index is -0.271. The monoisotopic (exact) mass is 381 g/mol. The van der Waals surface area contributed by atoms with E-state index in [1.807, 2.05) is 18.2 Å². The zero-order valence-electron chi connectivity index (χ0n) is 16.1. The molecule has 0 spiro atoms. The van der Waals surface area contributed by atoms with Crippen molar-refractivity contribution in [2.45, 2.75) is 12.1 Å². The molecule has 0 amide bonds. The summed E-state index contributed by atoms with van der Waals surface area (Å²) in [6.45, 7) is 5.87. The first kappa shape index (κ1) is 19.2. The van der Waals surface area contributed by atoms with Gasteiger partial charge in [0.2, 0.25) is 0 Å². The van der Waals surface area contributed by atoms with E-state index in [0.717, 1.165) is 26.2 Å².